The van der Waals surface area contributed by atoms with Gasteiger partial charge in [-0.3, -0.25) is 14.2 Å². The number of aromatic nitrogens is 4. The van der Waals surface area contributed by atoms with Crippen molar-refractivity contribution in [2.75, 3.05) is 13.2 Å². The summed E-state index contributed by atoms with van der Waals surface area (Å²) in [5, 5.41) is 8.23. The molecule has 0 atom stereocenters. The average Bonchev–Trinajstić information content (AvgIpc) is 3.19. The third-order valence-corrected chi connectivity index (χ3v) is 5.25. The largest absolute Gasteiger partial charge is 0.482 e. The number of carbonyl (C=O) groups is 1. The minimum Gasteiger partial charge on any atom is -0.482 e. The van der Waals surface area contributed by atoms with E-state index in [4.69, 9.17) is 27.9 Å². The zero-order chi connectivity index (χ0) is 22.5. The van der Waals surface area contributed by atoms with E-state index in [2.05, 4.69) is 15.4 Å². The number of nitrogens with zero attached hydrogens (tertiary/aromatic N) is 4. The lowest BCUT2D eigenvalue weighted by atomic mass is 10.2. The number of halogens is 2. The molecule has 0 bridgehead atoms. The molecule has 2 aromatic carbocycles. The van der Waals surface area contributed by atoms with E-state index in [1.807, 2.05) is 30.3 Å². The van der Waals surface area contributed by atoms with Crippen LogP contribution in [-0.4, -0.2) is 38.4 Å². The van der Waals surface area contributed by atoms with Gasteiger partial charge in [0.2, 0.25) is 0 Å². The zero-order valence-electron chi connectivity index (χ0n) is 16.9. The Kier molecular flexibility index (Phi) is 6.72. The van der Waals surface area contributed by atoms with Gasteiger partial charge in [0.05, 0.1) is 24.3 Å². The Morgan fingerprint density at radius 1 is 1.12 bits per heavy atom. The second kappa shape index (κ2) is 9.84. The van der Waals surface area contributed by atoms with Crippen LogP contribution in [0.4, 0.5) is 0 Å². The second-order valence-electron chi connectivity index (χ2n) is 6.98. The second-order valence-corrected chi connectivity index (χ2v) is 7.83. The summed E-state index contributed by atoms with van der Waals surface area (Å²) in [6, 6.07) is 14.5. The topological polar surface area (TPSA) is 91.0 Å². The molecule has 0 aliphatic carbocycles. The summed E-state index contributed by atoms with van der Waals surface area (Å²) in [4.78, 5) is 29.2. The number of benzene rings is 2. The number of hydrogen-bond donors (Lipinski definition) is 1. The van der Waals surface area contributed by atoms with Gasteiger partial charge in [-0.15, -0.1) is 0 Å². The Morgan fingerprint density at radius 2 is 1.94 bits per heavy atom. The van der Waals surface area contributed by atoms with Crippen LogP contribution in [0.15, 0.2) is 65.8 Å². The number of rotatable bonds is 8. The first-order chi connectivity index (χ1) is 15.5. The molecule has 32 heavy (non-hydrogen) atoms. The summed E-state index contributed by atoms with van der Waals surface area (Å²) in [6.07, 6.45) is 3.01. The molecule has 0 aliphatic rings. The van der Waals surface area contributed by atoms with E-state index in [1.54, 1.807) is 27.4 Å². The van der Waals surface area contributed by atoms with Gasteiger partial charge < -0.3 is 10.1 Å². The molecule has 0 unspecified atom stereocenters. The minimum absolute atomic E-state index is 0.164. The summed E-state index contributed by atoms with van der Waals surface area (Å²) in [5.41, 5.74) is 1.31. The van der Waals surface area contributed by atoms with Crippen LogP contribution >= 0.6 is 23.2 Å². The van der Waals surface area contributed by atoms with Crippen molar-refractivity contribution in [2.24, 2.45) is 0 Å². The molecule has 2 aromatic heterocycles. The first-order valence-corrected chi connectivity index (χ1v) is 10.6. The van der Waals surface area contributed by atoms with Crippen LogP contribution < -0.4 is 15.6 Å². The molecule has 1 amide bonds. The number of amides is 1. The van der Waals surface area contributed by atoms with Gasteiger partial charge in [0.15, 0.2) is 12.3 Å². The fraction of sp³-hybridized carbons (Fsp3) is 0.182. The molecule has 0 radical (unpaired) electrons. The molecule has 0 fully saturated rings. The lowest BCUT2D eigenvalue weighted by Gasteiger charge is -2.09. The molecule has 4 rings (SSSR count). The Hall–Kier alpha value is -3.36. The number of ether oxygens (including phenoxy) is 1. The van der Waals surface area contributed by atoms with E-state index < -0.39 is 0 Å². The van der Waals surface area contributed by atoms with Crippen LogP contribution in [0.25, 0.3) is 11.0 Å². The number of hydrogen-bond acceptors (Lipinski definition) is 5. The monoisotopic (exact) mass is 471 g/mol. The summed E-state index contributed by atoms with van der Waals surface area (Å²) in [6.45, 7) is 0.888. The van der Waals surface area contributed by atoms with E-state index in [9.17, 15) is 9.59 Å². The van der Waals surface area contributed by atoms with E-state index >= 15 is 0 Å². The smallest absolute Gasteiger partial charge is 0.264 e. The van der Waals surface area contributed by atoms with Crippen LogP contribution in [-0.2, 0) is 17.9 Å². The third-order valence-electron chi connectivity index (χ3n) is 4.72. The van der Waals surface area contributed by atoms with Crippen molar-refractivity contribution >= 4 is 40.1 Å². The molecular formula is C22H19Cl2N5O3. The summed E-state index contributed by atoms with van der Waals surface area (Å²) in [5.74, 6) is 0.0610. The van der Waals surface area contributed by atoms with E-state index in [0.717, 1.165) is 5.56 Å². The van der Waals surface area contributed by atoms with Gasteiger partial charge in [-0.25, -0.2) is 9.67 Å². The Bertz CT molecular complexity index is 1300. The molecular weight excluding hydrogens is 453 g/mol. The zero-order valence-corrected chi connectivity index (χ0v) is 18.4. The summed E-state index contributed by atoms with van der Waals surface area (Å²) < 4.78 is 8.54. The van der Waals surface area contributed by atoms with E-state index in [-0.39, 0.29) is 18.1 Å². The lowest BCUT2D eigenvalue weighted by molar-refractivity contribution is -0.123. The fourth-order valence-corrected chi connectivity index (χ4v) is 3.60. The van der Waals surface area contributed by atoms with Gasteiger partial charge in [0.25, 0.3) is 11.5 Å². The van der Waals surface area contributed by atoms with Gasteiger partial charge in [-0.2, -0.15) is 5.10 Å². The van der Waals surface area contributed by atoms with Crippen molar-refractivity contribution < 1.29 is 9.53 Å². The van der Waals surface area contributed by atoms with Gasteiger partial charge in [-0.1, -0.05) is 53.5 Å². The van der Waals surface area contributed by atoms with Gasteiger partial charge in [0.1, 0.15) is 17.5 Å². The third kappa shape index (κ3) is 5.09. The first kappa shape index (κ1) is 21.9. The van der Waals surface area contributed by atoms with E-state index in [0.29, 0.717) is 46.5 Å². The average molecular weight is 472 g/mol. The summed E-state index contributed by atoms with van der Waals surface area (Å²) >= 11 is 11.9. The highest BCUT2D eigenvalue weighted by atomic mass is 35.5. The minimum atomic E-state index is -0.314. The number of carbonyl (C=O) groups excluding carboxylic acids is 1. The molecule has 8 nitrogen and oxygen atoms in total. The molecule has 10 heteroatoms. The van der Waals surface area contributed by atoms with Crippen LogP contribution in [0, 0.1) is 0 Å². The maximum atomic E-state index is 12.8. The van der Waals surface area contributed by atoms with Crippen LogP contribution in [0.2, 0.25) is 10.0 Å². The highest BCUT2D eigenvalue weighted by Gasteiger charge is 2.11. The molecule has 0 aliphatic heterocycles. The highest BCUT2D eigenvalue weighted by molar-refractivity contribution is 6.35. The molecule has 2 heterocycles. The highest BCUT2D eigenvalue weighted by Crippen LogP contribution is 2.27. The quantitative estimate of drug-likeness (QED) is 0.426. The maximum absolute atomic E-state index is 12.8. The Labute approximate surface area is 193 Å². The molecule has 0 saturated heterocycles. The lowest BCUT2D eigenvalue weighted by Crippen LogP contribution is -2.32. The molecule has 4 aromatic rings. The molecule has 164 valence electrons. The maximum Gasteiger partial charge on any atom is 0.264 e. The molecule has 1 N–H and O–H groups in total. The first-order valence-electron chi connectivity index (χ1n) is 9.80. The normalized spacial score (nSPS) is 10.9. The van der Waals surface area contributed by atoms with Crippen molar-refractivity contribution in [1.29, 1.82) is 0 Å². The fourth-order valence-electron chi connectivity index (χ4n) is 3.14. The van der Waals surface area contributed by atoms with Crippen molar-refractivity contribution in [2.45, 2.75) is 13.1 Å². The Balaban J connectivity index is 1.34. The standard InChI is InChI=1S/C22H19Cl2N5O3/c23-16-6-7-19(18(24)10-16)32-13-20(30)25-8-9-29-21-17(11-27-29)22(31)28(14-26-21)12-15-4-2-1-3-5-15/h1-7,10-11,14H,8-9,12-13H2,(H,25,30). The Morgan fingerprint density at radius 3 is 2.72 bits per heavy atom. The molecule has 0 spiro atoms. The van der Waals surface area contributed by atoms with E-state index in [1.165, 1.54) is 12.5 Å². The van der Waals surface area contributed by atoms with Crippen molar-refractivity contribution in [3.63, 3.8) is 0 Å². The van der Waals surface area contributed by atoms with Crippen LogP contribution in [0.3, 0.4) is 0 Å². The van der Waals surface area contributed by atoms with Crippen molar-refractivity contribution in [1.82, 2.24) is 24.6 Å². The molecule has 0 saturated carbocycles. The number of fused-ring (bicyclic) bond motifs is 1. The van der Waals surface area contributed by atoms with Gasteiger partial charge >= 0.3 is 0 Å². The SMILES string of the molecule is O=C(COc1ccc(Cl)cc1Cl)NCCn1ncc2c(=O)n(Cc3ccccc3)cnc21. The predicted molar refractivity (Wildman–Crippen MR) is 122 cm³/mol. The van der Waals surface area contributed by atoms with Gasteiger partial charge in [0, 0.05) is 11.6 Å². The van der Waals surface area contributed by atoms with Crippen molar-refractivity contribution in [3.05, 3.63) is 87.0 Å². The van der Waals surface area contributed by atoms with Gasteiger partial charge in [-0.05, 0) is 23.8 Å². The number of nitrogens with one attached hydrogen (secondary N) is 1. The van der Waals surface area contributed by atoms with Crippen LogP contribution in [0.5, 0.6) is 5.75 Å². The van der Waals surface area contributed by atoms with Crippen LogP contribution in [0.1, 0.15) is 5.56 Å². The predicted octanol–water partition coefficient (Wildman–Crippen LogP) is 3.14. The summed E-state index contributed by atoms with van der Waals surface area (Å²) in [7, 11) is 0. The van der Waals surface area contributed by atoms with Crippen molar-refractivity contribution in [3.8, 4) is 5.75 Å².